The van der Waals surface area contributed by atoms with Gasteiger partial charge in [-0.1, -0.05) is 84.5 Å². The maximum atomic E-state index is 12.5. The van der Waals surface area contributed by atoms with Gasteiger partial charge in [-0.25, -0.2) is 4.79 Å². The Labute approximate surface area is 212 Å². The number of benzene rings is 1. The number of rotatable bonds is 15. The number of hydrogen-bond donors (Lipinski definition) is 0. The highest BCUT2D eigenvalue weighted by molar-refractivity contribution is 5.91. The molecule has 3 rings (SSSR count). The number of carbonyl (C=O) groups excluding carboxylic acids is 1. The van der Waals surface area contributed by atoms with Gasteiger partial charge in [0.2, 0.25) is 0 Å². The van der Waals surface area contributed by atoms with Crippen LogP contribution in [-0.4, -0.2) is 17.6 Å². The van der Waals surface area contributed by atoms with Crippen molar-refractivity contribution in [3.8, 4) is 11.5 Å². The predicted molar refractivity (Wildman–Crippen MR) is 143 cm³/mol. The van der Waals surface area contributed by atoms with Crippen LogP contribution in [0.25, 0.3) is 0 Å². The number of carbonyl (C=O) groups is 1. The van der Waals surface area contributed by atoms with Gasteiger partial charge in [0.25, 0.3) is 0 Å². The zero-order valence-corrected chi connectivity index (χ0v) is 22.0. The minimum Gasteiger partial charge on any atom is -0.494 e. The molecule has 35 heavy (non-hydrogen) atoms. The SMILES string of the molecule is CCCCCCC1CCC(CCc2ccc(OC(=O)c3ccc(OCCCCC)cc3)cn2)CC1. The van der Waals surface area contributed by atoms with E-state index in [2.05, 4.69) is 18.8 Å². The number of unbranched alkanes of at least 4 members (excludes halogenated alkanes) is 5. The molecule has 1 fully saturated rings. The molecule has 0 radical (unpaired) electrons. The van der Waals surface area contributed by atoms with E-state index < -0.39 is 0 Å². The van der Waals surface area contributed by atoms with E-state index in [0.29, 0.717) is 17.9 Å². The molecule has 192 valence electrons. The Hall–Kier alpha value is -2.36. The van der Waals surface area contributed by atoms with Crippen LogP contribution in [0, 0.1) is 11.8 Å². The molecule has 0 aliphatic heterocycles. The molecule has 4 heteroatoms. The Morgan fingerprint density at radius 3 is 2.11 bits per heavy atom. The largest absolute Gasteiger partial charge is 0.494 e. The highest BCUT2D eigenvalue weighted by Gasteiger charge is 2.20. The maximum absolute atomic E-state index is 12.5. The van der Waals surface area contributed by atoms with Crippen molar-refractivity contribution >= 4 is 5.97 Å². The lowest BCUT2D eigenvalue weighted by Crippen LogP contribution is -2.15. The molecule has 1 heterocycles. The van der Waals surface area contributed by atoms with E-state index in [1.807, 2.05) is 24.3 Å². The summed E-state index contributed by atoms with van der Waals surface area (Å²) in [6.45, 7) is 5.16. The average Bonchev–Trinajstić information content (AvgIpc) is 2.90. The summed E-state index contributed by atoms with van der Waals surface area (Å²) in [7, 11) is 0. The fourth-order valence-electron chi connectivity index (χ4n) is 5.04. The second-order valence-electron chi connectivity index (χ2n) is 10.2. The summed E-state index contributed by atoms with van der Waals surface area (Å²) >= 11 is 0. The molecule has 0 N–H and O–H groups in total. The van der Waals surface area contributed by atoms with Crippen LogP contribution in [-0.2, 0) is 6.42 Å². The van der Waals surface area contributed by atoms with Crippen LogP contribution in [0.2, 0.25) is 0 Å². The normalized spacial score (nSPS) is 17.8. The summed E-state index contributed by atoms with van der Waals surface area (Å²) in [5.41, 5.74) is 1.59. The van der Waals surface area contributed by atoms with E-state index in [1.54, 1.807) is 18.3 Å². The van der Waals surface area contributed by atoms with Crippen LogP contribution in [0.5, 0.6) is 11.5 Å². The Kier molecular flexibility index (Phi) is 12.1. The average molecular weight is 480 g/mol. The van der Waals surface area contributed by atoms with E-state index in [0.717, 1.165) is 42.5 Å². The molecule has 0 saturated heterocycles. The molecule has 0 spiro atoms. The summed E-state index contributed by atoms with van der Waals surface area (Å²) in [5.74, 6) is 2.69. The van der Waals surface area contributed by atoms with Gasteiger partial charge in [0, 0.05) is 5.69 Å². The number of hydrogen-bond acceptors (Lipinski definition) is 4. The molecule has 1 aliphatic rings. The first-order valence-electron chi connectivity index (χ1n) is 14.1. The Morgan fingerprint density at radius 2 is 1.46 bits per heavy atom. The minimum atomic E-state index is -0.372. The van der Waals surface area contributed by atoms with Crippen LogP contribution >= 0.6 is 0 Å². The molecule has 1 aromatic heterocycles. The second-order valence-corrected chi connectivity index (χ2v) is 10.2. The van der Waals surface area contributed by atoms with Gasteiger partial charge < -0.3 is 9.47 Å². The number of esters is 1. The van der Waals surface area contributed by atoms with E-state index >= 15 is 0 Å². The smallest absolute Gasteiger partial charge is 0.343 e. The van der Waals surface area contributed by atoms with E-state index in [9.17, 15) is 4.79 Å². The van der Waals surface area contributed by atoms with Crippen LogP contribution in [0.3, 0.4) is 0 Å². The van der Waals surface area contributed by atoms with E-state index in [1.165, 1.54) is 70.6 Å². The van der Waals surface area contributed by atoms with Crippen molar-refractivity contribution < 1.29 is 14.3 Å². The predicted octanol–water partition coefficient (Wildman–Crippen LogP) is 8.58. The van der Waals surface area contributed by atoms with E-state index in [4.69, 9.17) is 9.47 Å². The summed E-state index contributed by atoms with van der Waals surface area (Å²) in [6, 6.07) is 11.0. The number of ether oxygens (including phenoxy) is 2. The summed E-state index contributed by atoms with van der Waals surface area (Å²) in [6.07, 6.45) is 19.8. The Bertz CT molecular complexity index is 839. The fourth-order valence-corrected chi connectivity index (χ4v) is 5.04. The molecular formula is C31H45NO3. The van der Waals surface area contributed by atoms with Gasteiger partial charge in [-0.3, -0.25) is 4.98 Å². The monoisotopic (exact) mass is 479 g/mol. The van der Waals surface area contributed by atoms with Crippen molar-refractivity contribution in [1.29, 1.82) is 0 Å². The van der Waals surface area contributed by atoms with Crippen LogP contribution < -0.4 is 9.47 Å². The Balaban J connectivity index is 1.35. The second kappa shape index (κ2) is 15.6. The summed E-state index contributed by atoms with van der Waals surface area (Å²) in [5, 5.41) is 0. The van der Waals surface area contributed by atoms with Crippen molar-refractivity contribution in [3.63, 3.8) is 0 Å². The van der Waals surface area contributed by atoms with Gasteiger partial charge in [0.1, 0.15) is 11.5 Å². The molecule has 4 nitrogen and oxygen atoms in total. The minimum absolute atomic E-state index is 0.372. The molecule has 1 aromatic carbocycles. The lowest BCUT2D eigenvalue weighted by molar-refractivity contribution is 0.0734. The van der Waals surface area contributed by atoms with Gasteiger partial charge in [-0.2, -0.15) is 0 Å². The third-order valence-electron chi connectivity index (χ3n) is 7.36. The number of aryl methyl sites for hydroxylation is 1. The zero-order chi connectivity index (χ0) is 24.7. The number of aromatic nitrogens is 1. The first kappa shape index (κ1) is 27.2. The lowest BCUT2D eigenvalue weighted by Gasteiger charge is -2.28. The first-order valence-corrected chi connectivity index (χ1v) is 14.1. The van der Waals surface area contributed by atoms with Crippen LogP contribution in [0.4, 0.5) is 0 Å². The van der Waals surface area contributed by atoms with Gasteiger partial charge in [-0.05, 0) is 67.5 Å². The standard InChI is InChI=1S/C31H45NO3/c1-3-5-7-8-10-25-11-13-26(14-12-25)15-18-28-19-22-30(24-32-28)35-31(33)27-16-20-29(21-17-27)34-23-9-6-4-2/h16-17,19-22,24-26H,3-15,18,23H2,1-2H3. The third kappa shape index (κ3) is 10.0. The number of pyridine rings is 1. The molecule has 0 bridgehead atoms. The Morgan fingerprint density at radius 1 is 0.800 bits per heavy atom. The molecular weight excluding hydrogens is 434 g/mol. The molecule has 2 aromatic rings. The van der Waals surface area contributed by atoms with Gasteiger partial charge in [0.05, 0.1) is 18.4 Å². The summed E-state index contributed by atoms with van der Waals surface area (Å²) < 4.78 is 11.2. The molecule has 0 atom stereocenters. The molecule has 1 saturated carbocycles. The quantitative estimate of drug-likeness (QED) is 0.190. The molecule has 0 unspecified atom stereocenters. The van der Waals surface area contributed by atoms with Crippen molar-refractivity contribution in [1.82, 2.24) is 4.98 Å². The number of nitrogens with zero attached hydrogens (tertiary/aromatic N) is 1. The summed E-state index contributed by atoms with van der Waals surface area (Å²) in [4.78, 5) is 17.0. The van der Waals surface area contributed by atoms with Crippen molar-refractivity contribution in [2.24, 2.45) is 11.8 Å². The maximum Gasteiger partial charge on any atom is 0.343 e. The zero-order valence-electron chi connectivity index (χ0n) is 22.0. The van der Waals surface area contributed by atoms with Gasteiger partial charge in [-0.15, -0.1) is 0 Å². The fraction of sp³-hybridized carbons (Fsp3) is 0.613. The van der Waals surface area contributed by atoms with Gasteiger partial charge >= 0.3 is 5.97 Å². The van der Waals surface area contributed by atoms with E-state index in [-0.39, 0.29) is 5.97 Å². The highest BCUT2D eigenvalue weighted by atomic mass is 16.5. The topological polar surface area (TPSA) is 48.4 Å². The molecule has 1 aliphatic carbocycles. The highest BCUT2D eigenvalue weighted by Crippen LogP contribution is 2.34. The van der Waals surface area contributed by atoms with Gasteiger partial charge in [0.15, 0.2) is 0 Å². The first-order chi connectivity index (χ1) is 17.2. The van der Waals surface area contributed by atoms with Crippen molar-refractivity contribution in [2.75, 3.05) is 6.61 Å². The van der Waals surface area contributed by atoms with Crippen molar-refractivity contribution in [2.45, 2.75) is 104 Å². The third-order valence-corrected chi connectivity index (χ3v) is 7.36. The van der Waals surface area contributed by atoms with Crippen LogP contribution in [0.15, 0.2) is 42.6 Å². The van der Waals surface area contributed by atoms with Crippen molar-refractivity contribution in [3.05, 3.63) is 53.9 Å². The lowest BCUT2D eigenvalue weighted by atomic mass is 9.78. The van der Waals surface area contributed by atoms with Crippen LogP contribution in [0.1, 0.15) is 113 Å². The molecule has 0 amide bonds.